The molecule has 1 amide bonds. The zero-order valence-electron chi connectivity index (χ0n) is 12.7. The van der Waals surface area contributed by atoms with E-state index < -0.39 is 42.6 Å². The van der Waals surface area contributed by atoms with Crippen LogP contribution in [0.1, 0.15) is 27.7 Å². The van der Waals surface area contributed by atoms with E-state index in [1.54, 1.807) is 6.92 Å². The van der Waals surface area contributed by atoms with Crippen LogP contribution in [0, 0.1) is 0 Å². The van der Waals surface area contributed by atoms with Gasteiger partial charge in [0.05, 0.1) is 12.1 Å². The first-order chi connectivity index (χ1) is 9.76. The quantitative estimate of drug-likeness (QED) is 0.714. The van der Waals surface area contributed by atoms with Crippen molar-refractivity contribution in [2.45, 2.75) is 58.3 Å². The third kappa shape index (κ3) is 4.68. The van der Waals surface area contributed by atoms with Crippen molar-refractivity contribution < 1.29 is 33.3 Å². The number of ether oxygens (including phenoxy) is 4. The maximum absolute atomic E-state index is 11.3. The largest absolute Gasteiger partial charge is 0.456 e. The number of carbonyl (C=O) groups is 3. The fourth-order valence-corrected chi connectivity index (χ4v) is 2.27. The molecule has 1 heterocycles. The predicted octanol–water partition coefficient (Wildman–Crippen LogP) is -0.254. The molecule has 0 radical (unpaired) electrons. The minimum absolute atomic E-state index is 0.315. The highest BCUT2D eigenvalue weighted by atomic mass is 16.7. The first kappa shape index (κ1) is 17.4. The predicted molar refractivity (Wildman–Crippen MR) is 70.1 cm³/mol. The molecule has 0 aromatic heterocycles. The molecule has 1 aliphatic rings. The third-order valence-electron chi connectivity index (χ3n) is 3.01. The summed E-state index contributed by atoms with van der Waals surface area (Å²) in [7, 11) is 1.39. The van der Waals surface area contributed by atoms with E-state index in [9.17, 15) is 14.4 Å². The molecular formula is C13H21NO7. The van der Waals surface area contributed by atoms with Crippen LogP contribution < -0.4 is 5.32 Å². The van der Waals surface area contributed by atoms with Crippen molar-refractivity contribution in [1.29, 1.82) is 0 Å². The molecule has 120 valence electrons. The van der Waals surface area contributed by atoms with E-state index in [4.69, 9.17) is 18.9 Å². The Bertz CT molecular complexity index is 411. The molecular weight excluding hydrogens is 282 g/mol. The molecule has 0 unspecified atom stereocenters. The summed E-state index contributed by atoms with van der Waals surface area (Å²) in [6.07, 6.45) is -3.25. The van der Waals surface area contributed by atoms with Crippen molar-refractivity contribution in [2.24, 2.45) is 0 Å². The number of rotatable bonds is 4. The van der Waals surface area contributed by atoms with E-state index in [2.05, 4.69) is 5.32 Å². The Balaban J connectivity index is 3.08. The number of hydrogen-bond donors (Lipinski definition) is 1. The van der Waals surface area contributed by atoms with Crippen molar-refractivity contribution >= 4 is 17.8 Å². The van der Waals surface area contributed by atoms with Gasteiger partial charge in [-0.15, -0.1) is 0 Å². The smallest absolute Gasteiger partial charge is 0.303 e. The molecule has 0 aromatic rings. The molecule has 1 rings (SSSR count). The summed E-state index contributed by atoms with van der Waals surface area (Å²) in [6, 6.07) is -0.651. The van der Waals surface area contributed by atoms with Crippen molar-refractivity contribution in [3.63, 3.8) is 0 Å². The normalized spacial score (nSPS) is 32.1. The van der Waals surface area contributed by atoms with Gasteiger partial charge in [-0.05, 0) is 6.92 Å². The molecule has 1 fully saturated rings. The first-order valence-corrected chi connectivity index (χ1v) is 6.56. The lowest BCUT2D eigenvalue weighted by molar-refractivity contribution is -0.272. The number of esters is 2. The maximum Gasteiger partial charge on any atom is 0.303 e. The number of nitrogens with one attached hydrogen (secondary N) is 1. The van der Waals surface area contributed by atoms with Crippen LogP contribution in [0.4, 0.5) is 0 Å². The summed E-state index contributed by atoms with van der Waals surface area (Å²) in [5.41, 5.74) is 0. The van der Waals surface area contributed by atoms with Crippen LogP contribution in [0.3, 0.4) is 0 Å². The van der Waals surface area contributed by atoms with Gasteiger partial charge in [0.25, 0.3) is 0 Å². The van der Waals surface area contributed by atoms with Gasteiger partial charge in [0.15, 0.2) is 18.5 Å². The lowest BCUT2D eigenvalue weighted by atomic mass is 9.96. The number of carbonyl (C=O) groups excluding carboxylic acids is 3. The van der Waals surface area contributed by atoms with Gasteiger partial charge in [-0.2, -0.15) is 0 Å². The molecule has 0 aromatic carbocycles. The SMILES string of the molecule is CO[C@H]1O[C@H](C)[C@@H](NC(C)=O)[C@H](OC(C)=O)[C@@H]1OC(C)=O. The summed E-state index contributed by atoms with van der Waals surface area (Å²) in [4.78, 5) is 33.9. The van der Waals surface area contributed by atoms with Gasteiger partial charge in [-0.1, -0.05) is 0 Å². The number of methoxy groups -OCH3 is 1. The van der Waals surface area contributed by atoms with Crippen LogP contribution in [0.2, 0.25) is 0 Å². The molecule has 8 heteroatoms. The number of hydrogen-bond acceptors (Lipinski definition) is 7. The van der Waals surface area contributed by atoms with Crippen molar-refractivity contribution in [3.05, 3.63) is 0 Å². The average molecular weight is 303 g/mol. The number of amides is 1. The van der Waals surface area contributed by atoms with Crippen LogP contribution >= 0.6 is 0 Å². The van der Waals surface area contributed by atoms with Crippen LogP contribution in [0.25, 0.3) is 0 Å². The van der Waals surface area contributed by atoms with Crippen molar-refractivity contribution in [1.82, 2.24) is 5.32 Å². The lowest BCUT2D eigenvalue weighted by Crippen LogP contribution is -2.64. The molecule has 0 aliphatic carbocycles. The van der Waals surface area contributed by atoms with E-state index in [1.165, 1.54) is 27.9 Å². The molecule has 0 saturated carbocycles. The van der Waals surface area contributed by atoms with Gasteiger partial charge < -0.3 is 24.3 Å². The summed E-state index contributed by atoms with van der Waals surface area (Å²) >= 11 is 0. The van der Waals surface area contributed by atoms with E-state index in [0.29, 0.717) is 0 Å². The molecule has 1 saturated heterocycles. The van der Waals surface area contributed by atoms with Gasteiger partial charge in [0, 0.05) is 27.9 Å². The Morgan fingerprint density at radius 2 is 1.52 bits per heavy atom. The minimum Gasteiger partial charge on any atom is -0.456 e. The van der Waals surface area contributed by atoms with Crippen LogP contribution in [-0.4, -0.2) is 55.6 Å². The summed E-state index contributed by atoms with van der Waals surface area (Å²) in [5.74, 6) is -1.44. The van der Waals surface area contributed by atoms with Crippen molar-refractivity contribution in [3.8, 4) is 0 Å². The standard InChI is InChI=1S/C13H21NO7/c1-6-10(14-7(2)15)11(20-8(3)16)12(21-9(4)17)13(18-5)19-6/h6,10-13H,1-5H3,(H,14,15)/t6-,10-,11+,12+,13+/m1/s1. The molecule has 1 aliphatic heterocycles. The molecule has 21 heavy (non-hydrogen) atoms. The summed E-state index contributed by atoms with van der Waals surface area (Å²) in [6.45, 7) is 5.49. The average Bonchev–Trinajstić information content (AvgIpc) is 2.35. The first-order valence-electron chi connectivity index (χ1n) is 6.56. The Hall–Kier alpha value is -1.67. The second kappa shape index (κ2) is 7.37. The van der Waals surface area contributed by atoms with Gasteiger partial charge in [0.1, 0.15) is 0 Å². The monoisotopic (exact) mass is 303 g/mol. The lowest BCUT2D eigenvalue weighted by Gasteiger charge is -2.43. The van der Waals surface area contributed by atoms with Crippen LogP contribution in [0.15, 0.2) is 0 Å². The second-order valence-corrected chi connectivity index (χ2v) is 4.82. The van der Waals surface area contributed by atoms with E-state index >= 15 is 0 Å². The highest BCUT2D eigenvalue weighted by Gasteiger charge is 2.49. The van der Waals surface area contributed by atoms with Gasteiger partial charge in [-0.3, -0.25) is 14.4 Å². The van der Waals surface area contributed by atoms with Crippen LogP contribution in [-0.2, 0) is 33.3 Å². The highest BCUT2D eigenvalue weighted by Crippen LogP contribution is 2.26. The summed E-state index contributed by atoms with van der Waals surface area (Å²) < 4.78 is 21.1. The zero-order valence-corrected chi connectivity index (χ0v) is 12.7. The molecule has 5 atom stereocenters. The van der Waals surface area contributed by atoms with E-state index in [0.717, 1.165) is 0 Å². The topological polar surface area (TPSA) is 100 Å². The van der Waals surface area contributed by atoms with Gasteiger partial charge >= 0.3 is 11.9 Å². The summed E-state index contributed by atoms with van der Waals surface area (Å²) in [5, 5.41) is 2.65. The fraction of sp³-hybridized carbons (Fsp3) is 0.769. The van der Waals surface area contributed by atoms with Gasteiger partial charge in [0.2, 0.25) is 5.91 Å². The third-order valence-corrected chi connectivity index (χ3v) is 3.01. The molecule has 8 nitrogen and oxygen atoms in total. The fourth-order valence-electron chi connectivity index (χ4n) is 2.27. The zero-order chi connectivity index (χ0) is 16.2. The Kier molecular flexibility index (Phi) is 6.10. The molecule has 0 bridgehead atoms. The van der Waals surface area contributed by atoms with Gasteiger partial charge in [-0.25, -0.2) is 0 Å². The van der Waals surface area contributed by atoms with E-state index in [1.807, 2.05) is 0 Å². The second-order valence-electron chi connectivity index (χ2n) is 4.82. The van der Waals surface area contributed by atoms with Crippen molar-refractivity contribution in [2.75, 3.05) is 7.11 Å². The Morgan fingerprint density at radius 1 is 1.00 bits per heavy atom. The molecule has 1 N–H and O–H groups in total. The van der Waals surface area contributed by atoms with E-state index in [-0.39, 0.29) is 5.91 Å². The highest BCUT2D eigenvalue weighted by molar-refractivity contribution is 5.73. The minimum atomic E-state index is -0.968. The maximum atomic E-state index is 11.3. The Labute approximate surface area is 123 Å². The molecule has 0 spiro atoms. The van der Waals surface area contributed by atoms with Crippen LogP contribution in [0.5, 0.6) is 0 Å². The Morgan fingerprint density at radius 3 is 1.95 bits per heavy atom.